The van der Waals surface area contributed by atoms with Gasteiger partial charge in [0.05, 0.1) is 12.1 Å². The molecule has 0 radical (unpaired) electrons. The van der Waals surface area contributed by atoms with Crippen LogP contribution in [0.15, 0.2) is 30.3 Å². The lowest BCUT2D eigenvalue weighted by Gasteiger charge is -2.09. The molecule has 0 saturated carbocycles. The summed E-state index contributed by atoms with van der Waals surface area (Å²) in [5.74, 6) is -0.476. The van der Waals surface area contributed by atoms with Gasteiger partial charge < -0.3 is 14.6 Å². The first kappa shape index (κ1) is 11.3. The molecule has 1 aromatic rings. The maximum absolute atomic E-state index is 10.2. The molecule has 0 atom stereocenters. The first-order valence-electron chi connectivity index (χ1n) is 4.73. The van der Waals surface area contributed by atoms with Gasteiger partial charge >= 0.3 is 0 Å². The number of rotatable bonds is 4. The molecular formula is C12H13O3-. The zero-order valence-electron chi connectivity index (χ0n) is 8.77. The van der Waals surface area contributed by atoms with Crippen molar-refractivity contribution in [3.8, 4) is 5.75 Å². The van der Waals surface area contributed by atoms with Crippen LogP contribution >= 0.6 is 0 Å². The number of ether oxygens (including phenoxy) is 1. The normalized spacial score (nSPS) is 10.9. The van der Waals surface area contributed by atoms with Crippen LogP contribution in [0.5, 0.6) is 5.75 Å². The van der Waals surface area contributed by atoms with Gasteiger partial charge in [0.15, 0.2) is 0 Å². The van der Waals surface area contributed by atoms with Crippen molar-refractivity contribution in [3.05, 3.63) is 35.9 Å². The van der Waals surface area contributed by atoms with E-state index in [-0.39, 0.29) is 6.10 Å². The highest BCUT2D eigenvalue weighted by Gasteiger charge is 1.97. The molecule has 0 fully saturated rings. The molecule has 0 aliphatic carbocycles. The van der Waals surface area contributed by atoms with Crippen LogP contribution in [0.2, 0.25) is 0 Å². The second kappa shape index (κ2) is 5.20. The minimum Gasteiger partial charge on any atom is -0.545 e. The van der Waals surface area contributed by atoms with Crippen LogP contribution in [0.25, 0.3) is 6.08 Å². The van der Waals surface area contributed by atoms with Gasteiger partial charge in [0.25, 0.3) is 0 Å². The largest absolute Gasteiger partial charge is 0.545 e. The number of carbonyl (C=O) groups is 1. The van der Waals surface area contributed by atoms with E-state index in [4.69, 9.17) is 4.74 Å². The molecule has 0 N–H and O–H groups in total. The molecule has 0 bridgehead atoms. The number of carbonyl (C=O) groups excluding carboxylic acids is 1. The van der Waals surface area contributed by atoms with Gasteiger partial charge in [-0.15, -0.1) is 0 Å². The van der Waals surface area contributed by atoms with E-state index in [9.17, 15) is 9.90 Å². The van der Waals surface area contributed by atoms with E-state index in [0.29, 0.717) is 0 Å². The Hall–Kier alpha value is -1.77. The molecule has 15 heavy (non-hydrogen) atoms. The summed E-state index contributed by atoms with van der Waals surface area (Å²) in [6.07, 6.45) is 2.57. The van der Waals surface area contributed by atoms with E-state index in [1.807, 2.05) is 26.0 Å². The highest BCUT2D eigenvalue weighted by molar-refractivity contribution is 5.83. The second-order valence-corrected chi connectivity index (χ2v) is 3.39. The predicted octanol–water partition coefficient (Wildman–Crippen LogP) is 1.24. The number of hydrogen-bond donors (Lipinski definition) is 0. The van der Waals surface area contributed by atoms with E-state index in [0.717, 1.165) is 17.4 Å². The van der Waals surface area contributed by atoms with Crippen LogP contribution in [0.4, 0.5) is 0 Å². The average Bonchev–Trinajstić information content (AvgIpc) is 2.14. The Morgan fingerprint density at radius 2 is 2.20 bits per heavy atom. The van der Waals surface area contributed by atoms with Gasteiger partial charge in [-0.25, -0.2) is 0 Å². The van der Waals surface area contributed by atoms with E-state index in [1.54, 1.807) is 12.1 Å². The third-order valence-electron chi connectivity index (χ3n) is 1.64. The minimum atomic E-state index is -1.20. The van der Waals surface area contributed by atoms with E-state index >= 15 is 0 Å². The van der Waals surface area contributed by atoms with Gasteiger partial charge in [-0.1, -0.05) is 18.2 Å². The highest BCUT2D eigenvalue weighted by Crippen LogP contribution is 2.15. The van der Waals surface area contributed by atoms with Gasteiger partial charge in [-0.2, -0.15) is 0 Å². The van der Waals surface area contributed by atoms with Crippen LogP contribution in [0.1, 0.15) is 19.4 Å². The number of aliphatic carboxylic acids is 1. The summed E-state index contributed by atoms with van der Waals surface area (Å²) in [5, 5.41) is 10.2. The summed E-state index contributed by atoms with van der Waals surface area (Å²) in [4.78, 5) is 10.2. The Labute approximate surface area is 89.0 Å². The molecular weight excluding hydrogens is 192 g/mol. The summed E-state index contributed by atoms with van der Waals surface area (Å²) in [6, 6.07) is 7.22. The fourth-order valence-electron chi connectivity index (χ4n) is 1.13. The number of carboxylic acid groups (broad SMARTS) is 1. The van der Waals surface area contributed by atoms with Crippen molar-refractivity contribution in [2.75, 3.05) is 0 Å². The van der Waals surface area contributed by atoms with Gasteiger partial charge in [0.2, 0.25) is 0 Å². The summed E-state index contributed by atoms with van der Waals surface area (Å²) < 4.78 is 5.46. The fourth-order valence-corrected chi connectivity index (χ4v) is 1.13. The Balaban J connectivity index is 2.78. The average molecular weight is 205 g/mol. The monoisotopic (exact) mass is 205 g/mol. The lowest BCUT2D eigenvalue weighted by molar-refractivity contribution is -0.297. The predicted molar refractivity (Wildman–Crippen MR) is 56.2 cm³/mol. The lowest BCUT2D eigenvalue weighted by Crippen LogP contribution is -2.18. The molecule has 0 aromatic heterocycles. The molecule has 3 heteroatoms. The molecule has 1 aromatic carbocycles. The molecule has 1 rings (SSSR count). The molecule has 0 amide bonds. The molecule has 0 aliphatic heterocycles. The number of hydrogen-bond acceptors (Lipinski definition) is 3. The second-order valence-electron chi connectivity index (χ2n) is 3.39. The Bertz CT molecular complexity index is 367. The van der Waals surface area contributed by atoms with Crippen molar-refractivity contribution in [2.45, 2.75) is 20.0 Å². The molecule has 0 heterocycles. The zero-order valence-corrected chi connectivity index (χ0v) is 8.77. The van der Waals surface area contributed by atoms with Crippen molar-refractivity contribution in [1.82, 2.24) is 0 Å². The van der Waals surface area contributed by atoms with Crippen molar-refractivity contribution in [3.63, 3.8) is 0 Å². The molecule has 0 aliphatic rings. The first-order chi connectivity index (χ1) is 7.08. The van der Waals surface area contributed by atoms with Crippen LogP contribution < -0.4 is 9.84 Å². The topological polar surface area (TPSA) is 49.4 Å². The minimum absolute atomic E-state index is 0.102. The first-order valence-corrected chi connectivity index (χ1v) is 4.73. The van der Waals surface area contributed by atoms with Crippen molar-refractivity contribution in [2.24, 2.45) is 0 Å². The Morgan fingerprint density at radius 1 is 1.47 bits per heavy atom. The van der Waals surface area contributed by atoms with Crippen LogP contribution in [-0.2, 0) is 4.79 Å². The van der Waals surface area contributed by atoms with Gasteiger partial charge in [0, 0.05) is 0 Å². The van der Waals surface area contributed by atoms with Crippen molar-refractivity contribution >= 4 is 12.0 Å². The number of carboxylic acids is 1. The maximum Gasteiger partial charge on any atom is 0.120 e. The number of benzene rings is 1. The van der Waals surface area contributed by atoms with Crippen LogP contribution in [0, 0.1) is 0 Å². The summed E-state index contributed by atoms with van der Waals surface area (Å²) >= 11 is 0. The third kappa shape index (κ3) is 4.31. The molecule has 0 saturated heterocycles. The standard InChI is InChI=1S/C12H14O3/c1-9(2)15-11-5-3-4-10(8-11)6-7-12(13)14/h3-9H,1-2H3,(H,13,14)/p-1/b7-6+. The molecule has 0 unspecified atom stereocenters. The highest BCUT2D eigenvalue weighted by atomic mass is 16.5. The van der Waals surface area contributed by atoms with E-state index < -0.39 is 5.97 Å². The summed E-state index contributed by atoms with van der Waals surface area (Å²) in [5.41, 5.74) is 0.775. The SMILES string of the molecule is CC(C)Oc1cccc(/C=C/C(=O)[O-])c1. The van der Waals surface area contributed by atoms with E-state index in [2.05, 4.69) is 0 Å². The van der Waals surface area contributed by atoms with Gasteiger partial charge in [-0.05, 0) is 37.6 Å². The van der Waals surface area contributed by atoms with Crippen LogP contribution in [0.3, 0.4) is 0 Å². The lowest BCUT2D eigenvalue weighted by atomic mass is 10.2. The Morgan fingerprint density at radius 3 is 2.80 bits per heavy atom. The fraction of sp³-hybridized carbons (Fsp3) is 0.250. The van der Waals surface area contributed by atoms with Gasteiger partial charge in [-0.3, -0.25) is 0 Å². The van der Waals surface area contributed by atoms with Crippen molar-refractivity contribution in [1.29, 1.82) is 0 Å². The summed E-state index contributed by atoms with van der Waals surface area (Å²) in [7, 11) is 0. The smallest absolute Gasteiger partial charge is 0.120 e. The molecule has 80 valence electrons. The maximum atomic E-state index is 10.2. The quantitative estimate of drug-likeness (QED) is 0.695. The van der Waals surface area contributed by atoms with Crippen LogP contribution in [-0.4, -0.2) is 12.1 Å². The molecule has 0 spiro atoms. The summed E-state index contributed by atoms with van der Waals surface area (Å²) in [6.45, 7) is 3.87. The van der Waals surface area contributed by atoms with E-state index in [1.165, 1.54) is 6.08 Å². The zero-order chi connectivity index (χ0) is 11.3. The Kier molecular flexibility index (Phi) is 3.92. The van der Waals surface area contributed by atoms with Crippen molar-refractivity contribution < 1.29 is 14.6 Å². The third-order valence-corrected chi connectivity index (χ3v) is 1.64. The van der Waals surface area contributed by atoms with Gasteiger partial charge in [0.1, 0.15) is 5.75 Å². The molecule has 3 nitrogen and oxygen atoms in total.